The van der Waals surface area contributed by atoms with Gasteiger partial charge in [-0.2, -0.15) is 0 Å². The Balaban J connectivity index is 1.53. The first-order valence-electron chi connectivity index (χ1n) is 7.58. The monoisotopic (exact) mass is 303 g/mol. The number of hydrogen-bond acceptors (Lipinski definition) is 4. The molecule has 1 unspecified atom stereocenters. The lowest BCUT2D eigenvalue weighted by Gasteiger charge is -2.23. The van der Waals surface area contributed by atoms with E-state index in [1.165, 1.54) is 16.8 Å². The van der Waals surface area contributed by atoms with Crippen molar-refractivity contribution in [1.82, 2.24) is 4.98 Å². The van der Waals surface area contributed by atoms with Crippen LogP contribution >= 0.6 is 0 Å². The van der Waals surface area contributed by atoms with Crippen molar-refractivity contribution >= 4 is 17.1 Å². The molecule has 114 valence electrons. The first kappa shape index (κ1) is 13.6. The van der Waals surface area contributed by atoms with Crippen molar-refractivity contribution in [3.63, 3.8) is 0 Å². The third kappa shape index (κ3) is 2.59. The highest BCUT2D eigenvalue weighted by atomic mass is 16.5. The van der Waals surface area contributed by atoms with Crippen LogP contribution in [0.15, 0.2) is 73.1 Å². The van der Waals surface area contributed by atoms with E-state index in [9.17, 15) is 0 Å². The Morgan fingerprint density at radius 1 is 1.22 bits per heavy atom. The minimum absolute atomic E-state index is 0.178. The minimum atomic E-state index is -0.178. The molecular formula is C19H17N3O. The number of nitrogens with zero attached hydrogens (tertiary/aromatic N) is 2. The van der Waals surface area contributed by atoms with Gasteiger partial charge in [0.15, 0.2) is 17.8 Å². The van der Waals surface area contributed by atoms with Gasteiger partial charge in [-0.05, 0) is 35.9 Å². The number of hydrogen-bond donors (Lipinski definition) is 1. The maximum atomic E-state index is 5.77. The molecule has 2 aliphatic rings. The van der Waals surface area contributed by atoms with Crippen LogP contribution < -0.4 is 15.0 Å². The van der Waals surface area contributed by atoms with Crippen molar-refractivity contribution in [2.24, 2.45) is 0 Å². The zero-order valence-corrected chi connectivity index (χ0v) is 12.8. The van der Waals surface area contributed by atoms with E-state index in [2.05, 4.69) is 64.9 Å². The van der Waals surface area contributed by atoms with E-state index in [-0.39, 0.29) is 6.23 Å². The molecule has 2 aliphatic heterocycles. The zero-order chi connectivity index (χ0) is 15.6. The highest BCUT2D eigenvalue weighted by Crippen LogP contribution is 2.32. The first-order valence-corrected chi connectivity index (χ1v) is 7.58. The van der Waals surface area contributed by atoms with Gasteiger partial charge < -0.3 is 15.0 Å². The van der Waals surface area contributed by atoms with Crippen LogP contribution in [0.3, 0.4) is 0 Å². The summed E-state index contributed by atoms with van der Waals surface area (Å²) >= 11 is 0. The molecule has 1 aromatic heterocycles. The maximum Gasteiger partial charge on any atom is 0.191 e. The Labute approximate surface area is 135 Å². The number of pyridine rings is 1. The number of fused-ring (bicyclic) bond motifs is 2. The standard InChI is InChI=1S/C19H17N3O/c1-22-13-11-14(15-7-2-3-8-16(15)22)6-4-10-18-21-19-17(23-18)9-5-12-20-19/h2-13,18H,1H3,(H,20,21)/b10-4?,14-6+. The van der Waals surface area contributed by atoms with Crippen LogP contribution in [0.2, 0.25) is 0 Å². The minimum Gasteiger partial charge on any atom is -0.463 e. The molecule has 4 nitrogen and oxygen atoms in total. The topological polar surface area (TPSA) is 37.4 Å². The molecule has 0 amide bonds. The molecule has 4 heteroatoms. The van der Waals surface area contributed by atoms with Crippen LogP contribution in [0.4, 0.5) is 11.5 Å². The van der Waals surface area contributed by atoms with Gasteiger partial charge in [-0.15, -0.1) is 0 Å². The molecule has 0 saturated carbocycles. The molecule has 2 aromatic rings. The van der Waals surface area contributed by atoms with E-state index in [0.717, 1.165) is 11.6 Å². The van der Waals surface area contributed by atoms with Gasteiger partial charge in [0, 0.05) is 30.7 Å². The molecule has 1 N–H and O–H groups in total. The number of allylic oxidation sites excluding steroid dienone is 4. The van der Waals surface area contributed by atoms with Gasteiger partial charge in [0.05, 0.1) is 0 Å². The summed E-state index contributed by atoms with van der Waals surface area (Å²) in [6.45, 7) is 0. The number of benzene rings is 1. The fourth-order valence-electron chi connectivity index (χ4n) is 2.78. The summed E-state index contributed by atoms with van der Waals surface area (Å²) in [7, 11) is 2.06. The van der Waals surface area contributed by atoms with E-state index >= 15 is 0 Å². The summed E-state index contributed by atoms with van der Waals surface area (Å²) in [6.07, 6.45) is 11.9. The van der Waals surface area contributed by atoms with Crippen LogP contribution in [-0.2, 0) is 0 Å². The predicted molar refractivity (Wildman–Crippen MR) is 93.4 cm³/mol. The Hall–Kier alpha value is -3.01. The molecule has 1 aromatic carbocycles. The van der Waals surface area contributed by atoms with Crippen molar-refractivity contribution in [2.45, 2.75) is 6.23 Å². The normalized spacial score (nSPS) is 20.3. The Morgan fingerprint density at radius 2 is 2.13 bits per heavy atom. The number of nitrogens with one attached hydrogen (secondary N) is 1. The zero-order valence-electron chi connectivity index (χ0n) is 12.8. The predicted octanol–water partition coefficient (Wildman–Crippen LogP) is 3.82. The van der Waals surface area contributed by atoms with Crippen LogP contribution in [0.1, 0.15) is 5.56 Å². The van der Waals surface area contributed by atoms with E-state index in [1.54, 1.807) is 6.20 Å². The van der Waals surface area contributed by atoms with Gasteiger partial charge in [0.2, 0.25) is 0 Å². The smallest absolute Gasteiger partial charge is 0.191 e. The van der Waals surface area contributed by atoms with Crippen LogP contribution in [0.5, 0.6) is 5.75 Å². The molecule has 0 bridgehead atoms. The summed E-state index contributed by atoms with van der Waals surface area (Å²) in [5, 5.41) is 3.22. The van der Waals surface area contributed by atoms with Crippen LogP contribution in [-0.4, -0.2) is 18.3 Å². The molecule has 0 aliphatic carbocycles. The maximum absolute atomic E-state index is 5.77. The average molecular weight is 303 g/mol. The summed E-state index contributed by atoms with van der Waals surface area (Å²) in [4.78, 5) is 6.37. The lowest BCUT2D eigenvalue weighted by Crippen LogP contribution is -2.16. The first-order chi connectivity index (χ1) is 11.3. The second-order valence-corrected chi connectivity index (χ2v) is 5.48. The summed E-state index contributed by atoms with van der Waals surface area (Å²) in [5.74, 6) is 1.58. The largest absolute Gasteiger partial charge is 0.463 e. The van der Waals surface area contributed by atoms with Crippen molar-refractivity contribution < 1.29 is 4.74 Å². The molecule has 3 heterocycles. The molecular weight excluding hydrogens is 286 g/mol. The van der Waals surface area contributed by atoms with Crippen molar-refractivity contribution in [1.29, 1.82) is 0 Å². The van der Waals surface area contributed by atoms with Gasteiger partial charge in [-0.3, -0.25) is 0 Å². The number of para-hydroxylation sites is 1. The molecule has 4 rings (SSSR count). The van der Waals surface area contributed by atoms with E-state index in [1.807, 2.05) is 24.3 Å². The van der Waals surface area contributed by atoms with Crippen molar-refractivity contribution in [2.75, 3.05) is 17.3 Å². The average Bonchev–Trinajstić information content (AvgIpc) is 3.00. The van der Waals surface area contributed by atoms with E-state index in [0.29, 0.717) is 0 Å². The number of ether oxygens (including phenoxy) is 1. The summed E-state index contributed by atoms with van der Waals surface area (Å²) in [5.41, 5.74) is 3.62. The fourth-order valence-corrected chi connectivity index (χ4v) is 2.78. The second kappa shape index (κ2) is 5.65. The quantitative estimate of drug-likeness (QED) is 0.915. The Morgan fingerprint density at radius 3 is 3.04 bits per heavy atom. The number of aromatic nitrogens is 1. The summed E-state index contributed by atoms with van der Waals surface area (Å²) in [6, 6.07) is 12.2. The Bertz CT molecular complexity index is 798. The van der Waals surface area contributed by atoms with Crippen molar-refractivity contribution in [3.8, 4) is 5.75 Å². The van der Waals surface area contributed by atoms with Gasteiger partial charge in [-0.1, -0.05) is 30.4 Å². The van der Waals surface area contributed by atoms with E-state index in [4.69, 9.17) is 4.74 Å². The molecule has 1 atom stereocenters. The van der Waals surface area contributed by atoms with Gasteiger partial charge in [0.25, 0.3) is 0 Å². The third-order valence-electron chi connectivity index (χ3n) is 3.94. The van der Waals surface area contributed by atoms with Crippen LogP contribution in [0.25, 0.3) is 5.57 Å². The fraction of sp³-hybridized carbons (Fsp3) is 0.105. The van der Waals surface area contributed by atoms with E-state index < -0.39 is 0 Å². The molecule has 0 fully saturated rings. The second-order valence-electron chi connectivity index (χ2n) is 5.48. The number of rotatable bonds is 2. The van der Waals surface area contributed by atoms with Crippen molar-refractivity contribution in [3.05, 3.63) is 78.7 Å². The molecule has 0 spiro atoms. The third-order valence-corrected chi connectivity index (χ3v) is 3.94. The molecule has 23 heavy (non-hydrogen) atoms. The number of anilines is 2. The SMILES string of the molecule is CN1C=C/C(=C\C=CC2Nc3ncccc3O2)c2ccccc21. The molecule has 0 radical (unpaired) electrons. The highest BCUT2D eigenvalue weighted by Gasteiger charge is 2.19. The lowest BCUT2D eigenvalue weighted by molar-refractivity contribution is 0.302. The molecule has 0 saturated heterocycles. The Kier molecular flexibility index (Phi) is 3.35. The van der Waals surface area contributed by atoms with Crippen LogP contribution in [0, 0.1) is 0 Å². The lowest BCUT2D eigenvalue weighted by atomic mass is 10.00. The highest BCUT2D eigenvalue weighted by molar-refractivity contribution is 5.86. The summed E-state index contributed by atoms with van der Waals surface area (Å²) < 4.78 is 5.77. The van der Waals surface area contributed by atoms with Gasteiger partial charge >= 0.3 is 0 Å². The van der Waals surface area contributed by atoms with Gasteiger partial charge in [0.1, 0.15) is 0 Å². The van der Waals surface area contributed by atoms with Gasteiger partial charge in [-0.25, -0.2) is 4.98 Å².